The van der Waals surface area contributed by atoms with Crippen LogP contribution in [-0.2, 0) is 0 Å². The maximum absolute atomic E-state index is 12.2. The molecule has 0 radical (unpaired) electrons. The minimum atomic E-state index is -0.128. The van der Waals surface area contributed by atoms with E-state index in [1.807, 2.05) is 31.5 Å². The van der Waals surface area contributed by atoms with E-state index in [2.05, 4.69) is 27.3 Å². The Hall–Kier alpha value is -1.28. The van der Waals surface area contributed by atoms with Gasteiger partial charge in [-0.15, -0.1) is 0 Å². The zero-order chi connectivity index (χ0) is 13.7. The molecule has 0 bridgehead atoms. The first-order valence-electron chi connectivity index (χ1n) is 6.04. The molecule has 0 aromatic carbocycles. The maximum Gasteiger partial charge on any atom is 0.268 e. The molecule has 1 atom stereocenters. The van der Waals surface area contributed by atoms with Crippen LogP contribution < -0.4 is 5.32 Å². The van der Waals surface area contributed by atoms with Crippen LogP contribution in [-0.4, -0.2) is 16.5 Å². The normalized spacial score (nSPS) is 12.2. The Morgan fingerprint density at radius 1 is 1.61 bits per heavy atom. The predicted molar refractivity (Wildman–Crippen MR) is 74.3 cm³/mol. The molecule has 0 saturated heterocycles. The quantitative estimate of drug-likeness (QED) is 0.907. The van der Waals surface area contributed by atoms with Gasteiger partial charge in [0.1, 0.15) is 5.69 Å². The molecule has 1 heterocycles. The Morgan fingerprint density at radius 2 is 2.28 bits per heavy atom. The fraction of sp³-hybridized carbons (Fsp3) is 0.538. The van der Waals surface area contributed by atoms with E-state index < -0.39 is 0 Å². The predicted octanol–water partition coefficient (Wildman–Crippen LogP) is 3.25. The summed E-state index contributed by atoms with van der Waals surface area (Å²) in [7, 11) is 0. The van der Waals surface area contributed by atoms with E-state index in [1.165, 1.54) is 0 Å². The van der Waals surface area contributed by atoms with Gasteiger partial charge in [0.05, 0.1) is 12.5 Å². The highest BCUT2D eigenvalue weighted by atomic mass is 79.9. The number of amides is 1. The lowest BCUT2D eigenvalue weighted by Crippen LogP contribution is -2.35. The largest absolute Gasteiger partial charge is 0.347 e. The average Bonchev–Trinajstić information content (AvgIpc) is 2.71. The topological polar surface area (TPSA) is 57.8 Å². The summed E-state index contributed by atoms with van der Waals surface area (Å²) >= 11 is 3.38. The van der Waals surface area contributed by atoms with Crippen molar-refractivity contribution in [2.45, 2.75) is 45.7 Å². The molecule has 1 amide bonds. The van der Waals surface area contributed by atoms with Crippen LogP contribution in [0.4, 0.5) is 0 Å². The van der Waals surface area contributed by atoms with Gasteiger partial charge in [-0.25, -0.2) is 0 Å². The molecule has 0 aliphatic heterocycles. The molecule has 0 spiro atoms. The summed E-state index contributed by atoms with van der Waals surface area (Å²) in [6.07, 6.45) is 2.99. The minimum absolute atomic E-state index is 0.0863. The van der Waals surface area contributed by atoms with E-state index in [-0.39, 0.29) is 18.0 Å². The minimum Gasteiger partial charge on any atom is -0.347 e. The van der Waals surface area contributed by atoms with Crippen molar-refractivity contribution >= 4 is 21.8 Å². The highest BCUT2D eigenvalue weighted by Crippen LogP contribution is 2.19. The van der Waals surface area contributed by atoms with E-state index in [0.717, 1.165) is 10.9 Å². The van der Waals surface area contributed by atoms with E-state index in [0.29, 0.717) is 12.1 Å². The monoisotopic (exact) mass is 311 g/mol. The molecule has 5 heteroatoms. The van der Waals surface area contributed by atoms with Gasteiger partial charge in [0.15, 0.2) is 0 Å². The molecular formula is C13H18BrN3O. The summed E-state index contributed by atoms with van der Waals surface area (Å²) in [4.78, 5) is 12.2. The van der Waals surface area contributed by atoms with E-state index in [9.17, 15) is 4.79 Å². The molecule has 98 valence electrons. The fourth-order valence-electron chi connectivity index (χ4n) is 1.72. The van der Waals surface area contributed by atoms with Crippen LogP contribution in [0.1, 0.15) is 50.1 Å². The Morgan fingerprint density at radius 3 is 2.78 bits per heavy atom. The van der Waals surface area contributed by atoms with Gasteiger partial charge in [-0.1, -0.05) is 6.92 Å². The standard InChI is InChI=1S/C13H18BrN3O/c1-4-11(5-6-15)16-13(18)12-7-10(14)8-17(12)9(2)3/h7-9,11H,4-5H2,1-3H3,(H,16,18). The van der Waals surface area contributed by atoms with Crippen LogP contribution in [0.15, 0.2) is 16.7 Å². The summed E-state index contributed by atoms with van der Waals surface area (Å²) in [5.74, 6) is -0.128. The third kappa shape index (κ3) is 3.61. The second-order valence-electron chi connectivity index (χ2n) is 4.49. The van der Waals surface area contributed by atoms with Crippen LogP contribution in [0.2, 0.25) is 0 Å². The van der Waals surface area contributed by atoms with Gasteiger partial charge in [-0.05, 0) is 42.3 Å². The smallest absolute Gasteiger partial charge is 0.268 e. The zero-order valence-electron chi connectivity index (χ0n) is 10.9. The van der Waals surface area contributed by atoms with Gasteiger partial charge in [-0.2, -0.15) is 5.26 Å². The van der Waals surface area contributed by atoms with E-state index in [4.69, 9.17) is 5.26 Å². The van der Waals surface area contributed by atoms with Gasteiger partial charge in [0, 0.05) is 22.8 Å². The number of nitrogens with zero attached hydrogens (tertiary/aromatic N) is 2. The molecule has 1 rings (SSSR count). The number of nitriles is 1. The molecule has 4 nitrogen and oxygen atoms in total. The average molecular weight is 312 g/mol. The molecule has 1 N–H and O–H groups in total. The third-order valence-electron chi connectivity index (χ3n) is 2.77. The van der Waals surface area contributed by atoms with Crippen LogP contribution in [0.5, 0.6) is 0 Å². The summed E-state index contributed by atoms with van der Waals surface area (Å²) in [5, 5.41) is 11.6. The summed E-state index contributed by atoms with van der Waals surface area (Å²) in [6, 6.07) is 4.02. The first-order valence-corrected chi connectivity index (χ1v) is 6.84. The molecule has 0 aliphatic carbocycles. The molecular weight excluding hydrogens is 294 g/mol. The first-order chi connectivity index (χ1) is 8.49. The highest BCUT2D eigenvalue weighted by Gasteiger charge is 2.17. The van der Waals surface area contributed by atoms with E-state index in [1.54, 1.807) is 6.07 Å². The van der Waals surface area contributed by atoms with Crippen molar-refractivity contribution in [3.63, 3.8) is 0 Å². The Bertz CT molecular complexity index is 459. The van der Waals surface area contributed by atoms with Gasteiger partial charge in [0.25, 0.3) is 5.91 Å². The maximum atomic E-state index is 12.2. The summed E-state index contributed by atoms with van der Waals surface area (Å²) in [6.45, 7) is 6.01. The number of carbonyl (C=O) groups excluding carboxylic acids is 1. The number of carbonyl (C=O) groups is 1. The van der Waals surface area contributed by atoms with Crippen LogP contribution >= 0.6 is 15.9 Å². The van der Waals surface area contributed by atoms with Gasteiger partial charge in [-0.3, -0.25) is 4.79 Å². The summed E-state index contributed by atoms with van der Waals surface area (Å²) < 4.78 is 2.80. The van der Waals surface area contributed by atoms with Crippen LogP contribution in [0.3, 0.4) is 0 Å². The van der Waals surface area contributed by atoms with Crippen molar-refractivity contribution < 1.29 is 4.79 Å². The molecule has 18 heavy (non-hydrogen) atoms. The Labute approximate surface area is 116 Å². The Kier molecular flexibility index (Phi) is 5.42. The van der Waals surface area contributed by atoms with Crippen molar-refractivity contribution in [3.8, 4) is 6.07 Å². The number of hydrogen-bond donors (Lipinski definition) is 1. The van der Waals surface area contributed by atoms with Gasteiger partial charge >= 0.3 is 0 Å². The Balaban J connectivity index is 2.87. The van der Waals surface area contributed by atoms with Crippen LogP contribution in [0.25, 0.3) is 0 Å². The third-order valence-corrected chi connectivity index (χ3v) is 3.20. The van der Waals surface area contributed by atoms with E-state index >= 15 is 0 Å². The zero-order valence-corrected chi connectivity index (χ0v) is 12.5. The van der Waals surface area contributed by atoms with Crippen LogP contribution in [0, 0.1) is 11.3 Å². The molecule has 0 aliphatic rings. The summed E-state index contributed by atoms with van der Waals surface area (Å²) in [5.41, 5.74) is 0.619. The van der Waals surface area contributed by atoms with Crippen molar-refractivity contribution in [2.75, 3.05) is 0 Å². The van der Waals surface area contributed by atoms with Crippen molar-refractivity contribution in [1.82, 2.24) is 9.88 Å². The first kappa shape index (κ1) is 14.8. The van der Waals surface area contributed by atoms with Crippen molar-refractivity contribution in [1.29, 1.82) is 5.26 Å². The second kappa shape index (κ2) is 6.60. The lowest BCUT2D eigenvalue weighted by molar-refractivity contribution is 0.0925. The fourth-order valence-corrected chi connectivity index (χ4v) is 2.16. The highest BCUT2D eigenvalue weighted by molar-refractivity contribution is 9.10. The van der Waals surface area contributed by atoms with Gasteiger partial charge < -0.3 is 9.88 Å². The number of hydrogen-bond acceptors (Lipinski definition) is 2. The SMILES string of the molecule is CCC(CC#N)NC(=O)c1cc(Br)cn1C(C)C. The van der Waals surface area contributed by atoms with Crippen molar-refractivity contribution in [2.24, 2.45) is 0 Å². The molecule has 1 aromatic heterocycles. The lowest BCUT2D eigenvalue weighted by atomic mass is 10.1. The number of halogens is 1. The molecule has 1 aromatic rings. The number of nitrogens with one attached hydrogen (secondary N) is 1. The van der Waals surface area contributed by atoms with Gasteiger partial charge in [0.2, 0.25) is 0 Å². The number of aromatic nitrogens is 1. The van der Waals surface area contributed by atoms with Crippen molar-refractivity contribution in [3.05, 3.63) is 22.4 Å². The lowest BCUT2D eigenvalue weighted by Gasteiger charge is -2.16. The number of rotatable bonds is 5. The molecule has 0 fully saturated rings. The second-order valence-corrected chi connectivity index (χ2v) is 5.40. The molecule has 0 saturated carbocycles. The molecule has 1 unspecified atom stereocenters.